The maximum Gasteiger partial charge on any atom is 0.433 e. The summed E-state index contributed by atoms with van der Waals surface area (Å²) in [6.45, 7) is 0. The number of halogens is 7. The zero-order valence-electron chi connectivity index (χ0n) is 6.75. The highest BCUT2D eigenvalue weighted by Crippen LogP contribution is 2.39. The molecule has 15 heavy (non-hydrogen) atoms. The Morgan fingerprint density at radius 2 is 1.47 bits per heavy atom. The third-order valence-corrected chi connectivity index (χ3v) is 1.88. The lowest BCUT2D eigenvalue weighted by Gasteiger charge is -2.14. The van der Waals surface area contributed by atoms with E-state index in [1.165, 1.54) is 0 Å². The lowest BCUT2D eigenvalue weighted by atomic mass is 10.2. The maximum absolute atomic E-state index is 12.2. The van der Waals surface area contributed by atoms with E-state index in [2.05, 4.69) is 20.9 Å². The Hall–Kier alpha value is -0.790. The Kier molecular flexibility index (Phi) is 2.99. The molecule has 0 N–H and O–H groups in total. The van der Waals surface area contributed by atoms with Crippen molar-refractivity contribution < 1.29 is 26.3 Å². The molecule has 8 heteroatoms. The van der Waals surface area contributed by atoms with Crippen LogP contribution in [0.15, 0.2) is 16.7 Å². The predicted molar refractivity (Wildman–Crippen MR) is 41.9 cm³/mol. The highest BCUT2D eigenvalue weighted by molar-refractivity contribution is 9.10. The summed E-state index contributed by atoms with van der Waals surface area (Å²) in [4.78, 5) is 2.78. The van der Waals surface area contributed by atoms with E-state index in [0.717, 1.165) is 6.07 Å². The van der Waals surface area contributed by atoms with E-state index < -0.39 is 23.6 Å². The first-order chi connectivity index (χ1) is 6.62. The van der Waals surface area contributed by atoms with Gasteiger partial charge in [0, 0.05) is 0 Å². The monoisotopic (exact) mass is 293 g/mol. The molecule has 0 atom stereocenters. The summed E-state index contributed by atoms with van der Waals surface area (Å²) < 4.78 is 72.7. The maximum atomic E-state index is 12.2. The van der Waals surface area contributed by atoms with Gasteiger partial charge < -0.3 is 0 Å². The minimum Gasteiger partial charge on any atom is -0.236 e. The molecule has 0 fully saturated rings. The van der Waals surface area contributed by atoms with Gasteiger partial charge in [0.1, 0.15) is 4.60 Å². The molecule has 1 aromatic heterocycles. The molecule has 0 amide bonds. The van der Waals surface area contributed by atoms with Crippen LogP contribution in [0.2, 0.25) is 0 Å². The summed E-state index contributed by atoms with van der Waals surface area (Å²) in [6, 6.07) is 1.14. The van der Waals surface area contributed by atoms with Gasteiger partial charge in [-0.05, 0) is 28.1 Å². The highest BCUT2D eigenvalue weighted by Gasteiger charge is 2.44. The van der Waals surface area contributed by atoms with Gasteiger partial charge in [-0.25, -0.2) is 4.98 Å². The van der Waals surface area contributed by atoms with Gasteiger partial charge in [-0.15, -0.1) is 0 Å². The third kappa shape index (κ3) is 2.83. The molecule has 0 radical (unpaired) electrons. The van der Waals surface area contributed by atoms with Crippen molar-refractivity contribution >= 4 is 15.9 Å². The van der Waals surface area contributed by atoms with Crippen LogP contribution in [-0.2, 0) is 12.4 Å². The Bertz CT molecular complexity index is 369. The van der Waals surface area contributed by atoms with Crippen molar-refractivity contribution in [3.63, 3.8) is 0 Å². The van der Waals surface area contributed by atoms with Crippen LogP contribution in [0.1, 0.15) is 11.3 Å². The average molecular weight is 294 g/mol. The number of hydrogen-bond acceptors (Lipinski definition) is 1. The topological polar surface area (TPSA) is 12.9 Å². The van der Waals surface area contributed by atoms with Gasteiger partial charge in [0.25, 0.3) is 0 Å². The van der Waals surface area contributed by atoms with Crippen LogP contribution in [-0.4, -0.2) is 4.98 Å². The number of alkyl halides is 6. The van der Waals surface area contributed by atoms with Crippen molar-refractivity contribution in [2.45, 2.75) is 12.4 Å². The van der Waals surface area contributed by atoms with Crippen molar-refractivity contribution in [2.24, 2.45) is 0 Å². The van der Waals surface area contributed by atoms with Crippen LogP contribution >= 0.6 is 15.9 Å². The minimum absolute atomic E-state index is 0.303. The summed E-state index contributed by atoms with van der Waals surface area (Å²) in [6.07, 6.45) is -10.2. The number of pyridine rings is 1. The first kappa shape index (κ1) is 12.3. The zero-order chi connectivity index (χ0) is 11.9. The van der Waals surface area contributed by atoms with E-state index in [9.17, 15) is 26.3 Å². The summed E-state index contributed by atoms with van der Waals surface area (Å²) in [5, 5.41) is 0. The Labute approximate surface area is 88.2 Å². The summed E-state index contributed by atoms with van der Waals surface area (Å²) in [5.74, 6) is 0. The van der Waals surface area contributed by atoms with Gasteiger partial charge in [-0.1, -0.05) is 0 Å². The second-order valence-corrected chi connectivity index (χ2v) is 3.34. The fraction of sp³-hybridized carbons (Fsp3) is 0.286. The van der Waals surface area contributed by atoms with E-state index in [4.69, 9.17) is 0 Å². The van der Waals surface area contributed by atoms with Crippen molar-refractivity contribution in [2.75, 3.05) is 0 Å². The molecule has 1 heterocycles. The van der Waals surface area contributed by atoms with Crippen LogP contribution in [0.5, 0.6) is 0 Å². The predicted octanol–water partition coefficient (Wildman–Crippen LogP) is 3.88. The molecule has 1 nitrogen and oxygen atoms in total. The fourth-order valence-corrected chi connectivity index (χ4v) is 1.19. The molecule has 1 aromatic rings. The summed E-state index contributed by atoms with van der Waals surface area (Å²) in [5.41, 5.74) is -3.73. The molecule has 0 aliphatic carbocycles. The number of hydrogen-bond donors (Lipinski definition) is 0. The molecular formula is C7H2BrF6N. The first-order valence-corrected chi connectivity index (χ1v) is 4.22. The standard InChI is InChI=1S/C7H2BrF6N/c8-4-2-1-3(6(9,10)11)5(15-4)7(12,13)14/h1-2H. The second-order valence-electron chi connectivity index (χ2n) is 2.53. The van der Waals surface area contributed by atoms with E-state index in [0.29, 0.717) is 6.07 Å². The van der Waals surface area contributed by atoms with Crippen LogP contribution in [0.25, 0.3) is 0 Å². The van der Waals surface area contributed by atoms with Crippen molar-refractivity contribution in [1.82, 2.24) is 4.98 Å². The van der Waals surface area contributed by atoms with Crippen LogP contribution in [0.3, 0.4) is 0 Å². The Morgan fingerprint density at radius 1 is 0.933 bits per heavy atom. The lowest BCUT2D eigenvalue weighted by molar-refractivity contribution is -0.164. The van der Waals surface area contributed by atoms with Crippen LogP contribution in [0, 0.1) is 0 Å². The lowest BCUT2D eigenvalue weighted by Crippen LogP contribution is -2.18. The quantitative estimate of drug-likeness (QED) is 0.522. The van der Waals surface area contributed by atoms with Gasteiger partial charge in [0.15, 0.2) is 5.69 Å². The van der Waals surface area contributed by atoms with E-state index in [1.807, 2.05) is 0 Å². The normalized spacial score (nSPS) is 13.0. The molecule has 0 unspecified atom stereocenters. The van der Waals surface area contributed by atoms with Crippen molar-refractivity contribution in [3.05, 3.63) is 28.0 Å². The van der Waals surface area contributed by atoms with E-state index in [1.54, 1.807) is 0 Å². The molecule has 0 bridgehead atoms. The van der Waals surface area contributed by atoms with E-state index >= 15 is 0 Å². The Morgan fingerprint density at radius 3 is 1.87 bits per heavy atom. The Balaban J connectivity index is 3.41. The van der Waals surface area contributed by atoms with Gasteiger partial charge in [-0.2, -0.15) is 26.3 Å². The fourth-order valence-electron chi connectivity index (χ4n) is 0.880. The highest BCUT2D eigenvalue weighted by atomic mass is 79.9. The van der Waals surface area contributed by atoms with Gasteiger partial charge in [0.2, 0.25) is 0 Å². The average Bonchev–Trinajstić information content (AvgIpc) is 2.00. The molecule has 84 valence electrons. The van der Waals surface area contributed by atoms with Gasteiger partial charge in [0.05, 0.1) is 5.56 Å². The largest absolute Gasteiger partial charge is 0.433 e. The molecular weight excluding hydrogens is 292 g/mol. The minimum atomic E-state index is -5.13. The van der Waals surface area contributed by atoms with Crippen molar-refractivity contribution in [1.29, 1.82) is 0 Å². The summed E-state index contributed by atoms with van der Waals surface area (Å²) >= 11 is 2.58. The van der Waals surface area contributed by atoms with Crippen LogP contribution < -0.4 is 0 Å². The number of rotatable bonds is 0. The molecule has 0 aromatic carbocycles. The second kappa shape index (κ2) is 3.66. The SMILES string of the molecule is FC(F)(F)c1ccc(Br)nc1C(F)(F)F. The van der Waals surface area contributed by atoms with Gasteiger partial charge >= 0.3 is 12.4 Å². The number of nitrogens with zero attached hydrogens (tertiary/aromatic N) is 1. The van der Waals surface area contributed by atoms with Crippen LogP contribution in [0.4, 0.5) is 26.3 Å². The third-order valence-electron chi connectivity index (χ3n) is 1.44. The number of aromatic nitrogens is 1. The smallest absolute Gasteiger partial charge is 0.236 e. The molecule has 0 aliphatic rings. The first-order valence-electron chi connectivity index (χ1n) is 3.43. The molecule has 0 spiro atoms. The van der Waals surface area contributed by atoms with Crippen molar-refractivity contribution in [3.8, 4) is 0 Å². The molecule has 0 saturated heterocycles. The van der Waals surface area contributed by atoms with Gasteiger partial charge in [-0.3, -0.25) is 0 Å². The molecule has 0 saturated carbocycles. The summed E-state index contributed by atoms with van der Waals surface area (Å²) in [7, 11) is 0. The zero-order valence-corrected chi connectivity index (χ0v) is 8.33. The molecule has 0 aliphatic heterocycles. The molecule has 1 rings (SSSR count). The van der Waals surface area contributed by atoms with E-state index in [-0.39, 0.29) is 4.60 Å².